The largest absolute Gasteiger partial charge is 0.449 e. The molecule has 1 atom stereocenters. The molecule has 1 unspecified atom stereocenters. The van der Waals surface area contributed by atoms with Gasteiger partial charge in [-0.3, -0.25) is 0 Å². The van der Waals surface area contributed by atoms with E-state index >= 15 is 0 Å². The van der Waals surface area contributed by atoms with Crippen molar-refractivity contribution in [3.8, 4) is 0 Å². The van der Waals surface area contributed by atoms with Crippen LogP contribution in [0.4, 0.5) is 0 Å². The smallest absolute Gasteiger partial charge is 0.338 e. The summed E-state index contributed by atoms with van der Waals surface area (Å²) >= 11 is 0. The Morgan fingerprint density at radius 3 is 2.73 bits per heavy atom. The van der Waals surface area contributed by atoms with Gasteiger partial charge in [-0.05, 0) is 31.5 Å². The number of hydrogen-bond acceptors (Lipinski definition) is 7. The average molecular weight is 324 g/mol. The fourth-order valence-corrected chi connectivity index (χ4v) is 2.63. The van der Waals surface area contributed by atoms with Crippen LogP contribution in [-0.4, -0.2) is 30.8 Å². The molecular weight excluding hydrogens is 308 g/mol. The number of aromatic nitrogens is 2. The van der Waals surface area contributed by atoms with E-state index in [1.54, 1.807) is 32.0 Å². The van der Waals surface area contributed by atoms with E-state index in [2.05, 4.69) is 10.1 Å². The van der Waals surface area contributed by atoms with Crippen LogP contribution in [0.1, 0.15) is 40.7 Å². The molecule has 1 aromatic heterocycles. The number of aryl methyl sites for hydroxylation is 1. The number of nitrogens with zero attached hydrogens (tertiary/aromatic N) is 2. The molecule has 118 valence electrons. The van der Waals surface area contributed by atoms with E-state index in [1.165, 1.54) is 6.07 Å². The van der Waals surface area contributed by atoms with Gasteiger partial charge in [-0.1, -0.05) is 17.3 Å². The van der Waals surface area contributed by atoms with Gasteiger partial charge < -0.3 is 9.26 Å². The van der Waals surface area contributed by atoms with Crippen LogP contribution >= 0.6 is 0 Å². The van der Waals surface area contributed by atoms with Crippen LogP contribution < -0.4 is 0 Å². The third kappa shape index (κ3) is 4.39. The molecule has 0 saturated carbocycles. The summed E-state index contributed by atoms with van der Waals surface area (Å²) in [6.45, 7) is 3.28. The topological polar surface area (TPSA) is 99.4 Å². The zero-order valence-electron chi connectivity index (χ0n) is 12.4. The highest BCUT2D eigenvalue weighted by atomic mass is 32.2. The molecule has 8 heteroatoms. The normalized spacial score (nSPS) is 12.9. The Labute approximate surface area is 128 Å². The van der Waals surface area contributed by atoms with Crippen LogP contribution in [0.5, 0.6) is 0 Å². The second-order valence-electron chi connectivity index (χ2n) is 5.00. The van der Waals surface area contributed by atoms with Crippen molar-refractivity contribution in [1.82, 2.24) is 10.1 Å². The van der Waals surface area contributed by atoms with Crippen molar-refractivity contribution in [1.29, 1.82) is 0 Å². The number of sulfone groups is 1. The molecule has 1 heterocycles. The van der Waals surface area contributed by atoms with Crippen LogP contribution in [0.2, 0.25) is 0 Å². The zero-order chi connectivity index (χ0) is 16.3. The number of benzene rings is 1. The lowest BCUT2D eigenvalue weighted by atomic mass is 10.1. The first kappa shape index (κ1) is 16.2. The fourth-order valence-electron chi connectivity index (χ4n) is 1.85. The molecular formula is C14H16N2O5S. The minimum absolute atomic E-state index is 0.132. The van der Waals surface area contributed by atoms with Crippen molar-refractivity contribution in [2.45, 2.75) is 25.7 Å². The lowest BCUT2D eigenvalue weighted by molar-refractivity contribution is 0.0265. The predicted octanol–water partition coefficient (Wildman–Crippen LogP) is 1.84. The van der Waals surface area contributed by atoms with Crippen molar-refractivity contribution >= 4 is 15.8 Å². The summed E-state index contributed by atoms with van der Waals surface area (Å²) in [6.07, 6.45) is 0.449. The maximum Gasteiger partial charge on any atom is 0.338 e. The predicted molar refractivity (Wildman–Crippen MR) is 77.9 cm³/mol. The minimum Gasteiger partial charge on any atom is -0.449 e. The second-order valence-corrected chi connectivity index (χ2v) is 7.14. The monoisotopic (exact) mass is 324 g/mol. The van der Waals surface area contributed by atoms with Gasteiger partial charge in [-0.2, -0.15) is 4.98 Å². The number of carbonyl (C=O) groups is 1. The average Bonchev–Trinajstić information content (AvgIpc) is 2.84. The molecule has 2 rings (SSSR count). The fraction of sp³-hybridized carbons (Fsp3) is 0.357. The summed E-state index contributed by atoms with van der Waals surface area (Å²) in [5, 5.41) is 3.63. The molecule has 0 saturated heterocycles. The maximum atomic E-state index is 12.1. The van der Waals surface area contributed by atoms with Gasteiger partial charge in [0.15, 0.2) is 21.8 Å². The van der Waals surface area contributed by atoms with Crippen molar-refractivity contribution in [3.05, 3.63) is 47.1 Å². The maximum absolute atomic E-state index is 12.1. The molecule has 1 aromatic carbocycles. The highest BCUT2D eigenvalue weighted by Crippen LogP contribution is 2.17. The van der Waals surface area contributed by atoms with E-state index in [0.717, 1.165) is 6.26 Å². The third-order valence-electron chi connectivity index (χ3n) is 2.77. The van der Waals surface area contributed by atoms with Crippen molar-refractivity contribution in [2.24, 2.45) is 0 Å². The number of hydrogen-bond donors (Lipinski definition) is 0. The first-order valence-electron chi connectivity index (χ1n) is 6.52. The Morgan fingerprint density at radius 2 is 2.14 bits per heavy atom. The van der Waals surface area contributed by atoms with Gasteiger partial charge in [-0.15, -0.1) is 0 Å². The Hall–Kier alpha value is -2.22. The molecule has 0 radical (unpaired) electrons. The molecule has 0 aliphatic carbocycles. The van der Waals surface area contributed by atoms with E-state index in [0.29, 0.717) is 11.4 Å². The number of esters is 1. The van der Waals surface area contributed by atoms with E-state index in [4.69, 9.17) is 9.26 Å². The lowest BCUT2D eigenvalue weighted by Crippen LogP contribution is -2.10. The first-order valence-corrected chi connectivity index (χ1v) is 8.58. The van der Waals surface area contributed by atoms with E-state index < -0.39 is 21.9 Å². The minimum atomic E-state index is -3.17. The Morgan fingerprint density at radius 1 is 1.41 bits per heavy atom. The van der Waals surface area contributed by atoms with E-state index in [9.17, 15) is 13.2 Å². The lowest BCUT2D eigenvalue weighted by Gasteiger charge is -2.10. The number of carbonyl (C=O) groups excluding carboxylic acids is 1. The van der Waals surface area contributed by atoms with Crippen molar-refractivity contribution < 1.29 is 22.5 Å². The molecule has 0 fully saturated rings. The van der Waals surface area contributed by atoms with Crippen LogP contribution in [0.15, 0.2) is 28.8 Å². The molecule has 0 aliphatic heterocycles. The zero-order valence-corrected chi connectivity index (χ0v) is 13.3. The van der Waals surface area contributed by atoms with Crippen LogP contribution in [0.3, 0.4) is 0 Å². The van der Waals surface area contributed by atoms with Crippen LogP contribution in [-0.2, 0) is 20.3 Å². The highest BCUT2D eigenvalue weighted by Gasteiger charge is 2.19. The van der Waals surface area contributed by atoms with Gasteiger partial charge in [-0.25, -0.2) is 13.2 Å². The number of ether oxygens (including phenoxy) is 1. The quantitative estimate of drug-likeness (QED) is 0.774. The summed E-state index contributed by atoms with van der Waals surface area (Å²) in [5.74, 6) is -0.0584. The van der Waals surface area contributed by atoms with Gasteiger partial charge >= 0.3 is 5.97 Å². The van der Waals surface area contributed by atoms with Crippen LogP contribution in [0.25, 0.3) is 0 Å². The first-order chi connectivity index (χ1) is 10.2. The summed E-state index contributed by atoms with van der Waals surface area (Å²) in [7, 11) is -3.17. The van der Waals surface area contributed by atoms with Crippen molar-refractivity contribution in [3.63, 3.8) is 0 Å². The van der Waals surface area contributed by atoms with Gasteiger partial charge in [0, 0.05) is 6.26 Å². The van der Waals surface area contributed by atoms with Crippen molar-refractivity contribution in [2.75, 3.05) is 6.26 Å². The molecule has 0 aliphatic rings. The Kier molecular flexibility index (Phi) is 4.60. The summed E-state index contributed by atoms with van der Waals surface area (Å²) in [5.41, 5.74) is 0.794. The standard InChI is InChI=1S/C14H16N2O5S/c1-9(13-15-10(2)16-21-13)20-14(17)12-6-4-5-11(7-12)8-22(3,18)19/h4-7,9H,8H2,1-3H3. The van der Waals surface area contributed by atoms with Gasteiger partial charge in [0.05, 0.1) is 11.3 Å². The Balaban J connectivity index is 2.11. The summed E-state index contributed by atoms with van der Waals surface area (Å²) in [6, 6.07) is 6.30. The molecule has 0 spiro atoms. The third-order valence-corrected chi connectivity index (χ3v) is 3.62. The molecule has 0 bridgehead atoms. The van der Waals surface area contributed by atoms with Gasteiger partial charge in [0.2, 0.25) is 0 Å². The highest BCUT2D eigenvalue weighted by molar-refractivity contribution is 7.89. The molecule has 2 aromatic rings. The molecule has 0 N–H and O–H groups in total. The summed E-state index contributed by atoms with van der Waals surface area (Å²) < 4.78 is 32.8. The second kappa shape index (κ2) is 6.27. The molecule has 7 nitrogen and oxygen atoms in total. The molecule has 22 heavy (non-hydrogen) atoms. The van der Waals surface area contributed by atoms with Gasteiger partial charge in [0.25, 0.3) is 5.89 Å². The van der Waals surface area contributed by atoms with E-state index in [1.807, 2.05) is 0 Å². The van der Waals surface area contributed by atoms with E-state index in [-0.39, 0.29) is 17.2 Å². The van der Waals surface area contributed by atoms with Crippen LogP contribution in [0, 0.1) is 6.92 Å². The SMILES string of the molecule is Cc1noc(C(C)OC(=O)c2cccc(CS(C)(=O)=O)c2)n1. The molecule has 0 amide bonds. The van der Waals surface area contributed by atoms with Gasteiger partial charge in [0.1, 0.15) is 0 Å². The Bertz CT molecular complexity index is 782. The number of rotatable bonds is 5. The summed E-state index contributed by atoms with van der Waals surface area (Å²) in [4.78, 5) is 16.1.